The minimum absolute atomic E-state index is 0.0247. The topological polar surface area (TPSA) is 49.4 Å². The van der Waals surface area contributed by atoms with Gasteiger partial charge in [0.25, 0.3) is 0 Å². The van der Waals surface area contributed by atoms with Gasteiger partial charge in [-0.15, -0.1) is 6.58 Å². The van der Waals surface area contributed by atoms with Crippen LogP contribution in [0.5, 0.6) is 0 Å². The zero-order valence-corrected chi connectivity index (χ0v) is 12.0. The Balaban J connectivity index is 2.57. The predicted molar refractivity (Wildman–Crippen MR) is 75.5 cm³/mol. The van der Waals surface area contributed by atoms with Crippen molar-refractivity contribution in [2.24, 2.45) is 5.92 Å². The molecule has 0 aromatic rings. The SMILES string of the molecule is C=CCSCCN1CCC(=O)NC(C(C)C)C1=O. The molecular weight excluding hydrogens is 248 g/mol. The number of amides is 2. The van der Waals surface area contributed by atoms with Crippen LogP contribution < -0.4 is 5.32 Å². The van der Waals surface area contributed by atoms with Gasteiger partial charge in [0, 0.05) is 31.0 Å². The molecule has 0 aromatic carbocycles. The maximum absolute atomic E-state index is 12.3. The molecule has 1 rings (SSSR count). The maximum Gasteiger partial charge on any atom is 0.245 e. The summed E-state index contributed by atoms with van der Waals surface area (Å²) < 4.78 is 0. The van der Waals surface area contributed by atoms with Gasteiger partial charge >= 0.3 is 0 Å². The van der Waals surface area contributed by atoms with Crippen LogP contribution in [-0.4, -0.2) is 47.4 Å². The van der Waals surface area contributed by atoms with Gasteiger partial charge < -0.3 is 10.2 Å². The van der Waals surface area contributed by atoms with E-state index in [4.69, 9.17) is 0 Å². The lowest BCUT2D eigenvalue weighted by molar-refractivity contribution is -0.134. The van der Waals surface area contributed by atoms with Gasteiger partial charge in [-0.05, 0) is 5.92 Å². The number of rotatable bonds is 6. The van der Waals surface area contributed by atoms with Crippen LogP contribution in [0, 0.1) is 5.92 Å². The monoisotopic (exact) mass is 270 g/mol. The van der Waals surface area contributed by atoms with E-state index in [1.165, 1.54) is 0 Å². The zero-order valence-electron chi connectivity index (χ0n) is 11.1. The van der Waals surface area contributed by atoms with Crippen LogP contribution in [0.2, 0.25) is 0 Å². The number of hydrogen-bond acceptors (Lipinski definition) is 3. The number of thioether (sulfide) groups is 1. The Morgan fingerprint density at radius 2 is 2.28 bits per heavy atom. The molecule has 18 heavy (non-hydrogen) atoms. The van der Waals surface area contributed by atoms with E-state index in [1.54, 1.807) is 16.7 Å². The van der Waals surface area contributed by atoms with Crippen molar-refractivity contribution in [3.8, 4) is 0 Å². The van der Waals surface area contributed by atoms with Crippen molar-refractivity contribution in [3.05, 3.63) is 12.7 Å². The Labute approximate surface area is 113 Å². The minimum Gasteiger partial charge on any atom is -0.344 e. The third-order valence-electron chi connectivity index (χ3n) is 2.91. The molecule has 4 nitrogen and oxygen atoms in total. The van der Waals surface area contributed by atoms with Crippen molar-refractivity contribution >= 4 is 23.6 Å². The summed E-state index contributed by atoms with van der Waals surface area (Å²) in [5, 5.41) is 2.81. The first-order valence-electron chi connectivity index (χ1n) is 6.33. The summed E-state index contributed by atoms with van der Waals surface area (Å²) in [5.41, 5.74) is 0. The van der Waals surface area contributed by atoms with E-state index < -0.39 is 0 Å². The summed E-state index contributed by atoms with van der Waals surface area (Å²) >= 11 is 1.75. The van der Waals surface area contributed by atoms with E-state index in [0.29, 0.717) is 19.5 Å². The van der Waals surface area contributed by atoms with E-state index in [2.05, 4.69) is 11.9 Å². The molecule has 0 spiro atoms. The van der Waals surface area contributed by atoms with Crippen molar-refractivity contribution in [2.75, 3.05) is 24.6 Å². The highest BCUT2D eigenvalue weighted by Gasteiger charge is 2.31. The molecular formula is C13H22N2O2S. The smallest absolute Gasteiger partial charge is 0.245 e. The standard InChI is InChI=1S/C13H22N2O2S/c1-4-8-18-9-7-15-6-5-11(16)14-12(10(2)3)13(15)17/h4,10,12H,1,5-9H2,2-3H3,(H,14,16). The zero-order chi connectivity index (χ0) is 13.5. The minimum atomic E-state index is -0.371. The average molecular weight is 270 g/mol. The Morgan fingerprint density at radius 3 is 2.89 bits per heavy atom. The molecule has 1 saturated heterocycles. The van der Waals surface area contributed by atoms with Gasteiger partial charge in [0.2, 0.25) is 11.8 Å². The molecule has 1 N–H and O–H groups in total. The molecule has 1 aliphatic rings. The van der Waals surface area contributed by atoms with Crippen LogP contribution >= 0.6 is 11.8 Å². The first kappa shape index (κ1) is 15.1. The number of carbonyl (C=O) groups excluding carboxylic acids is 2. The lowest BCUT2D eigenvalue weighted by Gasteiger charge is -2.25. The Morgan fingerprint density at radius 1 is 1.56 bits per heavy atom. The number of hydrogen-bond donors (Lipinski definition) is 1. The molecule has 0 radical (unpaired) electrons. The number of nitrogens with zero attached hydrogens (tertiary/aromatic N) is 1. The lowest BCUT2D eigenvalue weighted by Crippen LogP contribution is -2.48. The predicted octanol–water partition coefficient (Wildman–Crippen LogP) is 1.28. The summed E-state index contributed by atoms with van der Waals surface area (Å²) in [5.74, 6) is 1.94. The summed E-state index contributed by atoms with van der Waals surface area (Å²) in [6.07, 6.45) is 2.26. The Hall–Kier alpha value is -0.970. The molecule has 1 atom stereocenters. The molecule has 0 aliphatic carbocycles. The second-order valence-electron chi connectivity index (χ2n) is 4.73. The van der Waals surface area contributed by atoms with Crippen molar-refractivity contribution < 1.29 is 9.59 Å². The fourth-order valence-electron chi connectivity index (χ4n) is 1.87. The molecule has 1 heterocycles. The van der Waals surface area contributed by atoms with Crippen LogP contribution in [-0.2, 0) is 9.59 Å². The summed E-state index contributed by atoms with van der Waals surface area (Å²) in [6.45, 7) is 8.81. The van der Waals surface area contributed by atoms with Crippen LogP contribution in [0.15, 0.2) is 12.7 Å². The van der Waals surface area contributed by atoms with Gasteiger partial charge in [0.1, 0.15) is 6.04 Å². The molecule has 0 saturated carbocycles. The molecule has 0 bridgehead atoms. The Bertz CT molecular complexity index is 318. The summed E-state index contributed by atoms with van der Waals surface area (Å²) in [7, 11) is 0. The number of nitrogens with one attached hydrogen (secondary N) is 1. The first-order chi connectivity index (χ1) is 8.56. The second-order valence-corrected chi connectivity index (χ2v) is 5.88. The van der Waals surface area contributed by atoms with Gasteiger partial charge in [-0.2, -0.15) is 11.8 Å². The van der Waals surface area contributed by atoms with Crippen LogP contribution in [0.1, 0.15) is 20.3 Å². The third kappa shape index (κ3) is 4.37. The maximum atomic E-state index is 12.3. The molecule has 1 unspecified atom stereocenters. The van der Waals surface area contributed by atoms with Crippen molar-refractivity contribution in [2.45, 2.75) is 26.3 Å². The van der Waals surface area contributed by atoms with Gasteiger partial charge in [-0.1, -0.05) is 19.9 Å². The van der Waals surface area contributed by atoms with E-state index in [1.807, 2.05) is 19.9 Å². The molecule has 0 aromatic heterocycles. The van der Waals surface area contributed by atoms with Crippen LogP contribution in [0.3, 0.4) is 0 Å². The molecule has 1 fully saturated rings. The van der Waals surface area contributed by atoms with Gasteiger partial charge in [0.05, 0.1) is 0 Å². The molecule has 102 valence electrons. The molecule has 1 aliphatic heterocycles. The summed E-state index contributed by atoms with van der Waals surface area (Å²) in [6, 6.07) is -0.371. The fraction of sp³-hybridized carbons (Fsp3) is 0.692. The largest absolute Gasteiger partial charge is 0.344 e. The van der Waals surface area contributed by atoms with E-state index >= 15 is 0 Å². The number of carbonyl (C=O) groups is 2. The van der Waals surface area contributed by atoms with Gasteiger partial charge in [-0.3, -0.25) is 9.59 Å². The van der Waals surface area contributed by atoms with Crippen molar-refractivity contribution in [3.63, 3.8) is 0 Å². The lowest BCUT2D eigenvalue weighted by atomic mass is 10.0. The van der Waals surface area contributed by atoms with Gasteiger partial charge in [0.15, 0.2) is 0 Å². The first-order valence-corrected chi connectivity index (χ1v) is 7.48. The molecule has 2 amide bonds. The highest BCUT2D eigenvalue weighted by Crippen LogP contribution is 2.12. The highest BCUT2D eigenvalue weighted by molar-refractivity contribution is 7.99. The average Bonchev–Trinajstić information content (AvgIpc) is 2.46. The molecule has 5 heteroatoms. The normalized spacial score (nSPS) is 20.8. The summed E-state index contributed by atoms with van der Waals surface area (Å²) in [4.78, 5) is 25.6. The van der Waals surface area contributed by atoms with Crippen molar-refractivity contribution in [1.82, 2.24) is 10.2 Å². The van der Waals surface area contributed by atoms with Crippen molar-refractivity contribution in [1.29, 1.82) is 0 Å². The second kappa shape index (κ2) is 7.46. The van der Waals surface area contributed by atoms with E-state index in [0.717, 1.165) is 11.5 Å². The quantitative estimate of drug-likeness (QED) is 0.584. The third-order valence-corrected chi connectivity index (χ3v) is 3.85. The highest BCUT2D eigenvalue weighted by atomic mass is 32.2. The van der Waals surface area contributed by atoms with Crippen LogP contribution in [0.25, 0.3) is 0 Å². The Kier molecular flexibility index (Phi) is 6.25. The van der Waals surface area contributed by atoms with Crippen LogP contribution in [0.4, 0.5) is 0 Å². The van der Waals surface area contributed by atoms with Gasteiger partial charge in [-0.25, -0.2) is 0 Å². The van der Waals surface area contributed by atoms with E-state index in [-0.39, 0.29) is 23.8 Å². The van der Waals surface area contributed by atoms with E-state index in [9.17, 15) is 9.59 Å². The fourth-order valence-corrected chi connectivity index (χ4v) is 2.55.